The van der Waals surface area contributed by atoms with Crippen LogP contribution in [0, 0.1) is 0 Å². The number of aromatic nitrogens is 2. The molecule has 0 aliphatic heterocycles. The standard InChI is InChI=1S/C10H20N6O2S/c1-11-10(12-6-7-15-19(3,17)18)13-8-9-4-5-14-16(9)2/h4-5,15H,6-8H2,1-3H3,(H2,11,12,13). The molecule has 0 radical (unpaired) electrons. The van der Waals surface area contributed by atoms with Gasteiger partial charge in [0.2, 0.25) is 10.0 Å². The van der Waals surface area contributed by atoms with Crippen LogP contribution in [0.25, 0.3) is 0 Å². The Bertz CT molecular complexity index is 522. The lowest BCUT2D eigenvalue weighted by atomic mass is 10.4. The van der Waals surface area contributed by atoms with E-state index in [0.717, 1.165) is 11.9 Å². The predicted molar refractivity (Wildman–Crippen MR) is 74.3 cm³/mol. The third kappa shape index (κ3) is 6.20. The van der Waals surface area contributed by atoms with Gasteiger partial charge in [-0.25, -0.2) is 13.1 Å². The van der Waals surface area contributed by atoms with Crippen LogP contribution in [0.4, 0.5) is 0 Å². The molecule has 8 nitrogen and oxygen atoms in total. The monoisotopic (exact) mass is 288 g/mol. The molecule has 0 bridgehead atoms. The summed E-state index contributed by atoms with van der Waals surface area (Å²) in [5.74, 6) is 0.608. The zero-order valence-electron chi connectivity index (χ0n) is 11.3. The molecular weight excluding hydrogens is 268 g/mol. The molecule has 0 saturated heterocycles. The van der Waals surface area contributed by atoms with Gasteiger partial charge in [0.25, 0.3) is 0 Å². The average Bonchev–Trinajstić information content (AvgIpc) is 2.73. The molecule has 1 aromatic heterocycles. The van der Waals surface area contributed by atoms with Crippen LogP contribution >= 0.6 is 0 Å². The van der Waals surface area contributed by atoms with Crippen molar-refractivity contribution in [3.8, 4) is 0 Å². The van der Waals surface area contributed by atoms with Gasteiger partial charge in [-0.2, -0.15) is 5.10 Å². The first-order valence-corrected chi connectivity index (χ1v) is 7.67. The van der Waals surface area contributed by atoms with Gasteiger partial charge in [-0.1, -0.05) is 0 Å². The molecule has 9 heteroatoms. The van der Waals surface area contributed by atoms with Crippen LogP contribution < -0.4 is 15.4 Å². The molecule has 0 saturated carbocycles. The minimum absolute atomic E-state index is 0.311. The summed E-state index contributed by atoms with van der Waals surface area (Å²) in [7, 11) is 0.376. The largest absolute Gasteiger partial charge is 0.355 e. The maximum absolute atomic E-state index is 10.9. The summed E-state index contributed by atoms with van der Waals surface area (Å²) < 4.78 is 25.9. The Hall–Kier alpha value is -1.61. The molecule has 0 spiro atoms. The summed E-state index contributed by atoms with van der Waals surface area (Å²) in [6, 6.07) is 1.91. The summed E-state index contributed by atoms with van der Waals surface area (Å²) in [5, 5.41) is 10.2. The molecule has 0 fully saturated rings. The van der Waals surface area contributed by atoms with Gasteiger partial charge in [0.1, 0.15) is 0 Å². The number of hydrogen-bond donors (Lipinski definition) is 3. The Labute approximate surface area is 113 Å². The lowest BCUT2D eigenvalue weighted by molar-refractivity contribution is 0.586. The van der Waals surface area contributed by atoms with Crippen molar-refractivity contribution in [1.82, 2.24) is 25.1 Å². The van der Waals surface area contributed by atoms with Crippen LogP contribution in [-0.4, -0.2) is 50.6 Å². The maximum atomic E-state index is 10.9. The van der Waals surface area contributed by atoms with E-state index in [1.165, 1.54) is 0 Å². The van der Waals surface area contributed by atoms with Gasteiger partial charge < -0.3 is 10.6 Å². The average molecular weight is 288 g/mol. The molecule has 0 amide bonds. The summed E-state index contributed by atoms with van der Waals surface area (Å²) in [4.78, 5) is 4.04. The molecule has 0 aromatic carbocycles. The van der Waals surface area contributed by atoms with Gasteiger partial charge >= 0.3 is 0 Å². The van der Waals surface area contributed by atoms with Crippen molar-refractivity contribution in [3.05, 3.63) is 18.0 Å². The molecule has 1 heterocycles. The molecule has 0 aliphatic carbocycles. The van der Waals surface area contributed by atoms with Crippen molar-refractivity contribution in [2.45, 2.75) is 6.54 Å². The lowest BCUT2D eigenvalue weighted by Crippen LogP contribution is -2.41. The first-order chi connectivity index (χ1) is 8.92. The highest BCUT2D eigenvalue weighted by atomic mass is 32.2. The maximum Gasteiger partial charge on any atom is 0.208 e. The fraction of sp³-hybridized carbons (Fsp3) is 0.600. The van der Waals surface area contributed by atoms with Crippen LogP contribution in [0.2, 0.25) is 0 Å². The van der Waals surface area contributed by atoms with E-state index in [2.05, 4.69) is 25.4 Å². The van der Waals surface area contributed by atoms with Crippen LogP contribution in [0.15, 0.2) is 17.3 Å². The summed E-state index contributed by atoms with van der Waals surface area (Å²) in [5.41, 5.74) is 1.03. The van der Waals surface area contributed by atoms with Crippen molar-refractivity contribution >= 4 is 16.0 Å². The third-order valence-corrected chi connectivity index (χ3v) is 3.09. The molecule has 1 rings (SSSR count). The van der Waals surface area contributed by atoms with Gasteiger partial charge in [-0.15, -0.1) is 0 Å². The molecular formula is C10H20N6O2S. The van der Waals surface area contributed by atoms with Crippen molar-refractivity contribution < 1.29 is 8.42 Å². The molecule has 0 aliphatic rings. The fourth-order valence-corrected chi connectivity index (χ4v) is 1.86. The van der Waals surface area contributed by atoms with E-state index in [4.69, 9.17) is 0 Å². The van der Waals surface area contributed by atoms with E-state index >= 15 is 0 Å². The quantitative estimate of drug-likeness (QED) is 0.341. The van der Waals surface area contributed by atoms with Gasteiger partial charge in [0.15, 0.2) is 5.96 Å². The summed E-state index contributed by atoms with van der Waals surface area (Å²) in [6.45, 7) is 1.36. The summed E-state index contributed by atoms with van der Waals surface area (Å²) in [6.07, 6.45) is 2.85. The molecule has 0 atom stereocenters. The topological polar surface area (TPSA) is 100 Å². The molecule has 108 valence electrons. The fourth-order valence-electron chi connectivity index (χ4n) is 1.39. The molecule has 19 heavy (non-hydrogen) atoms. The number of aliphatic imine (C=N–C) groups is 1. The minimum Gasteiger partial charge on any atom is -0.355 e. The number of sulfonamides is 1. The highest BCUT2D eigenvalue weighted by Crippen LogP contribution is 1.94. The second kappa shape index (κ2) is 7.10. The van der Waals surface area contributed by atoms with Crippen LogP contribution in [0.5, 0.6) is 0 Å². The lowest BCUT2D eigenvalue weighted by Gasteiger charge is -2.12. The van der Waals surface area contributed by atoms with Crippen molar-refractivity contribution in [1.29, 1.82) is 0 Å². The van der Waals surface area contributed by atoms with Gasteiger partial charge in [0.05, 0.1) is 18.5 Å². The van der Waals surface area contributed by atoms with Crippen molar-refractivity contribution in [2.24, 2.45) is 12.0 Å². The van der Waals surface area contributed by atoms with Crippen LogP contribution in [0.1, 0.15) is 5.69 Å². The van der Waals surface area contributed by atoms with E-state index < -0.39 is 10.0 Å². The Kier molecular flexibility index (Phi) is 5.77. The minimum atomic E-state index is -3.14. The number of nitrogens with zero attached hydrogens (tertiary/aromatic N) is 3. The van der Waals surface area contributed by atoms with Gasteiger partial charge in [-0.05, 0) is 6.07 Å². The number of aryl methyl sites for hydroxylation is 1. The Morgan fingerprint density at radius 2 is 2.16 bits per heavy atom. The van der Waals surface area contributed by atoms with E-state index in [0.29, 0.717) is 25.6 Å². The van der Waals surface area contributed by atoms with E-state index in [1.54, 1.807) is 17.9 Å². The Balaban J connectivity index is 2.29. The highest BCUT2D eigenvalue weighted by molar-refractivity contribution is 7.88. The van der Waals surface area contributed by atoms with E-state index in [-0.39, 0.29) is 0 Å². The molecule has 3 N–H and O–H groups in total. The highest BCUT2D eigenvalue weighted by Gasteiger charge is 2.02. The number of guanidine groups is 1. The Morgan fingerprint density at radius 3 is 2.68 bits per heavy atom. The molecule has 1 aromatic rings. The number of nitrogens with one attached hydrogen (secondary N) is 3. The van der Waals surface area contributed by atoms with Crippen LogP contribution in [0.3, 0.4) is 0 Å². The molecule has 0 unspecified atom stereocenters. The van der Waals surface area contributed by atoms with E-state index in [1.807, 2.05) is 13.1 Å². The third-order valence-electron chi connectivity index (χ3n) is 2.36. The van der Waals surface area contributed by atoms with Crippen molar-refractivity contribution in [2.75, 3.05) is 26.4 Å². The first-order valence-electron chi connectivity index (χ1n) is 5.78. The smallest absolute Gasteiger partial charge is 0.208 e. The predicted octanol–water partition coefficient (Wildman–Crippen LogP) is -1.37. The van der Waals surface area contributed by atoms with Crippen molar-refractivity contribution in [3.63, 3.8) is 0 Å². The zero-order chi connectivity index (χ0) is 14.3. The Morgan fingerprint density at radius 1 is 1.42 bits per heavy atom. The van der Waals surface area contributed by atoms with E-state index in [9.17, 15) is 8.42 Å². The first kappa shape index (κ1) is 15.4. The zero-order valence-corrected chi connectivity index (χ0v) is 12.2. The van der Waals surface area contributed by atoms with Gasteiger partial charge in [-0.3, -0.25) is 9.67 Å². The normalized spacial score (nSPS) is 12.5. The second-order valence-electron chi connectivity index (χ2n) is 3.97. The summed E-state index contributed by atoms with van der Waals surface area (Å²) >= 11 is 0. The number of rotatable bonds is 6. The van der Waals surface area contributed by atoms with Gasteiger partial charge in [0, 0.05) is 33.4 Å². The number of hydrogen-bond acceptors (Lipinski definition) is 4. The second-order valence-corrected chi connectivity index (χ2v) is 5.80. The SMILES string of the molecule is CN=C(NCCNS(C)(=O)=O)NCc1ccnn1C. The van der Waals surface area contributed by atoms with Crippen LogP contribution in [-0.2, 0) is 23.6 Å².